The number of rotatable bonds is 2. The summed E-state index contributed by atoms with van der Waals surface area (Å²) in [6.45, 7) is 4.25. The van der Waals surface area contributed by atoms with Crippen molar-refractivity contribution in [1.82, 2.24) is 0 Å². The Bertz CT molecular complexity index is 517. The zero-order valence-corrected chi connectivity index (χ0v) is 11.1. The van der Waals surface area contributed by atoms with Gasteiger partial charge in [-0.3, -0.25) is 0 Å². The van der Waals surface area contributed by atoms with E-state index in [1.807, 2.05) is 26.0 Å². The van der Waals surface area contributed by atoms with Crippen molar-refractivity contribution in [2.75, 3.05) is 6.61 Å². The molecule has 0 amide bonds. The maximum atomic E-state index is 9.38. The van der Waals surface area contributed by atoms with Crippen LogP contribution in [0.5, 0.6) is 0 Å². The maximum absolute atomic E-state index is 9.38. The fourth-order valence-electron chi connectivity index (χ4n) is 1.75. The van der Waals surface area contributed by atoms with Crippen LogP contribution in [0.15, 0.2) is 40.9 Å². The van der Waals surface area contributed by atoms with E-state index in [1.165, 1.54) is 10.8 Å². The maximum Gasteiger partial charge on any atom is 0.0522 e. The van der Waals surface area contributed by atoms with E-state index in [-0.39, 0.29) is 12.0 Å². The number of hydrogen-bond donors (Lipinski definition) is 1. The molecule has 84 valence electrons. The molecule has 2 aromatic carbocycles. The van der Waals surface area contributed by atoms with Crippen LogP contribution in [-0.4, -0.2) is 11.7 Å². The highest BCUT2D eigenvalue weighted by molar-refractivity contribution is 9.10. The third kappa shape index (κ3) is 2.00. The summed E-state index contributed by atoms with van der Waals surface area (Å²) >= 11 is 3.56. The molecule has 0 spiro atoms. The number of aliphatic hydroxyl groups is 1. The number of aliphatic hydroxyl groups excluding tert-OH is 1. The monoisotopic (exact) mass is 278 g/mol. The predicted octanol–water partition coefficient (Wildman–Crippen LogP) is 3.87. The van der Waals surface area contributed by atoms with Crippen LogP contribution in [0.1, 0.15) is 19.4 Å². The van der Waals surface area contributed by atoms with Crippen LogP contribution in [0.4, 0.5) is 0 Å². The normalized spacial score (nSPS) is 12.0. The van der Waals surface area contributed by atoms with Gasteiger partial charge in [0.15, 0.2) is 0 Å². The molecule has 0 bridgehead atoms. The first-order chi connectivity index (χ1) is 7.54. The van der Waals surface area contributed by atoms with E-state index < -0.39 is 0 Å². The van der Waals surface area contributed by atoms with Crippen LogP contribution in [0.3, 0.4) is 0 Å². The molecule has 0 aliphatic rings. The van der Waals surface area contributed by atoms with Gasteiger partial charge in [0, 0.05) is 9.89 Å². The lowest BCUT2D eigenvalue weighted by atomic mass is 9.84. The highest BCUT2D eigenvalue weighted by atomic mass is 79.9. The molecule has 0 unspecified atom stereocenters. The number of hydrogen-bond acceptors (Lipinski definition) is 1. The zero-order valence-electron chi connectivity index (χ0n) is 9.50. The van der Waals surface area contributed by atoms with Gasteiger partial charge in [-0.25, -0.2) is 0 Å². The van der Waals surface area contributed by atoms with Crippen LogP contribution in [-0.2, 0) is 5.41 Å². The van der Waals surface area contributed by atoms with Gasteiger partial charge in [0.05, 0.1) is 6.61 Å². The summed E-state index contributed by atoms with van der Waals surface area (Å²) in [5.74, 6) is 0. The number of halogens is 1. The van der Waals surface area contributed by atoms with Crippen molar-refractivity contribution in [2.24, 2.45) is 0 Å². The largest absolute Gasteiger partial charge is 0.395 e. The molecule has 0 radical (unpaired) electrons. The summed E-state index contributed by atoms with van der Waals surface area (Å²) in [5.41, 5.74) is 0.970. The van der Waals surface area contributed by atoms with Gasteiger partial charge in [-0.05, 0) is 28.5 Å². The Kier molecular flexibility index (Phi) is 3.04. The molecule has 2 rings (SSSR count). The second kappa shape index (κ2) is 4.19. The molecule has 1 nitrogen and oxygen atoms in total. The summed E-state index contributed by atoms with van der Waals surface area (Å²) < 4.78 is 1.10. The fraction of sp³-hybridized carbons (Fsp3) is 0.286. The molecule has 16 heavy (non-hydrogen) atoms. The first kappa shape index (κ1) is 11.6. The molecule has 2 aromatic rings. The Labute approximate surface area is 104 Å². The van der Waals surface area contributed by atoms with Crippen molar-refractivity contribution in [3.05, 3.63) is 46.4 Å². The van der Waals surface area contributed by atoms with Gasteiger partial charge in [0.1, 0.15) is 0 Å². The lowest BCUT2D eigenvalue weighted by molar-refractivity contribution is 0.218. The smallest absolute Gasteiger partial charge is 0.0522 e. The molecular formula is C14H15BrO. The second-order valence-corrected chi connectivity index (χ2v) is 5.57. The molecule has 2 heteroatoms. The average Bonchev–Trinajstić information content (AvgIpc) is 2.29. The summed E-state index contributed by atoms with van der Waals surface area (Å²) in [6.07, 6.45) is 0. The Morgan fingerprint density at radius 3 is 2.62 bits per heavy atom. The van der Waals surface area contributed by atoms with Crippen molar-refractivity contribution in [1.29, 1.82) is 0 Å². The van der Waals surface area contributed by atoms with Gasteiger partial charge in [-0.2, -0.15) is 0 Å². The van der Waals surface area contributed by atoms with Gasteiger partial charge in [-0.1, -0.05) is 54.0 Å². The van der Waals surface area contributed by atoms with Gasteiger partial charge in [-0.15, -0.1) is 0 Å². The second-order valence-electron chi connectivity index (χ2n) is 4.72. The fourth-order valence-corrected chi connectivity index (χ4v) is 2.24. The Morgan fingerprint density at radius 1 is 1.19 bits per heavy atom. The predicted molar refractivity (Wildman–Crippen MR) is 71.8 cm³/mol. The van der Waals surface area contributed by atoms with Gasteiger partial charge in [0.2, 0.25) is 0 Å². The molecule has 0 aliphatic carbocycles. The summed E-state index contributed by atoms with van der Waals surface area (Å²) in [6, 6.07) is 12.5. The molecule has 0 fully saturated rings. The summed E-state index contributed by atoms with van der Waals surface area (Å²) in [7, 11) is 0. The molecule has 1 N–H and O–H groups in total. The zero-order chi connectivity index (χ0) is 11.8. The van der Waals surface area contributed by atoms with Crippen molar-refractivity contribution >= 4 is 26.7 Å². The van der Waals surface area contributed by atoms with Crippen LogP contribution in [0, 0.1) is 0 Å². The SMILES string of the molecule is CC(C)(CO)c1ccc2cccc(Br)c2c1. The standard InChI is InChI=1S/C14H15BrO/c1-14(2,9-16)11-7-6-10-4-3-5-13(15)12(10)8-11/h3-8,16H,9H2,1-2H3. The Morgan fingerprint density at radius 2 is 1.94 bits per heavy atom. The van der Waals surface area contributed by atoms with Gasteiger partial charge in [0.25, 0.3) is 0 Å². The topological polar surface area (TPSA) is 20.2 Å². The van der Waals surface area contributed by atoms with E-state index >= 15 is 0 Å². The first-order valence-corrected chi connectivity index (χ1v) is 6.13. The van der Waals surface area contributed by atoms with E-state index in [0.29, 0.717) is 0 Å². The molecular weight excluding hydrogens is 264 g/mol. The highest BCUT2D eigenvalue weighted by Crippen LogP contribution is 2.29. The quantitative estimate of drug-likeness (QED) is 0.884. The van der Waals surface area contributed by atoms with E-state index in [1.54, 1.807) is 0 Å². The average molecular weight is 279 g/mol. The van der Waals surface area contributed by atoms with Crippen LogP contribution in [0.25, 0.3) is 10.8 Å². The molecule has 0 aromatic heterocycles. The van der Waals surface area contributed by atoms with Crippen molar-refractivity contribution < 1.29 is 5.11 Å². The molecule has 0 saturated carbocycles. The van der Waals surface area contributed by atoms with Gasteiger partial charge < -0.3 is 5.11 Å². The lowest BCUT2D eigenvalue weighted by Gasteiger charge is -2.22. The Balaban J connectivity index is 2.64. The van der Waals surface area contributed by atoms with E-state index in [9.17, 15) is 5.11 Å². The van der Waals surface area contributed by atoms with E-state index in [2.05, 4.69) is 40.2 Å². The van der Waals surface area contributed by atoms with Crippen LogP contribution in [0.2, 0.25) is 0 Å². The number of benzene rings is 2. The minimum atomic E-state index is -0.191. The molecule has 0 heterocycles. The molecule has 0 aliphatic heterocycles. The molecule has 0 saturated heterocycles. The lowest BCUT2D eigenvalue weighted by Crippen LogP contribution is -2.21. The summed E-state index contributed by atoms with van der Waals surface area (Å²) in [5, 5.41) is 11.8. The van der Waals surface area contributed by atoms with E-state index in [4.69, 9.17) is 0 Å². The number of fused-ring (bicyclic) bond motifs is 1. The third-order valence-corrected chi connectivity index (χ3v) is 3.70. The third-order valence-electron chi connectivity index (χ3n) is 3.01. The van der Waals surface area contributed by atoms with Crippen molar-refractivity contribution in [2.45, 2.75) is 19.3 Å². The van der Waals surface area contributed by atoms with Gasteiger partial charge >= 0.3 is 0 Å². The minimum absolute atomic E-state index is 0.156. The molecule has 0 atom stereocenters. The minimum Gasteiger partial charge on any atom is -0.395 e. The van der Waals surface area contributed by atoms with Crippen molar-refractivity contribution in [3.8, 4) is 0 Å². The van der Waals surface area contributed by atoms with Crippen molar-refractivity contribution in [3.63, 3.8) is 0 Å². The Hall–Kier alpha value is -0.860. The first-order valence-electron chi connectivity index (χ1n) is 5.34. The summed E-state index contributed by atoms with van der Waals surface area (Å²) in [4.78, 5) is 0. The van der Waals surface area contributed by atoms with E-state index in [0.717, 1.165) is 10.0 Å². The van der Waals surface area contributed by atoms with Crippen LogP contribution < -0.4 is 0 Å². The highest BCUT2D eigenvalue weighted by Gasteiger charge is 2.19. The van der Waals surface area contributed by atoms with Crippen LogP contribution >= 0.6 is 15.9 Å².